The Balaban J connectivity index is 0.000000269. The summed E-state index contributed by atoms with van der Waals surface area (Å²) in [5.74, 6) is -3.12. The van der Waals surface area contributed by atoms with Crippen LogP contribution in [-0.4, -0.2) is 179 Å². The van der Waals surface area contributed by atoms with E-state index < -0.39 is 45.5 Å². The average molecular weight is 1210 g/mol. The quantitative estimate of drug-likeness (QED) is 0.0227. The number of fused-ring (bicyclic) bond motifs is 2. The molecule has 7 N–H and O–H groups in total. The maximum Gasteiger partial charge on any atom is 0.264 e. The Morgan fingerprint density at radius 3 is 1.93 bits per heavy atom. The second-order valence-electron chi connectivity index (χ2n) is 19.3. The first kappa shape index (κ1) is 65.7. The van der Waals surface area contributed by atoms with Crippen LogP contribution >= 0.6 is 0 Å². The molecule has 3 aliphatic rings. The first-order valence-electron chi connectivity index (χ1n) is 28.3. The Labute approximate surface area is 498 Å². The Morgan fingerprint density at radius 1 is 0.663 bits per heavy atom. The number of hydrogen-bond acceptors (Lipinski definition) is 19. The van der Waals surface area contributed by atoms with Crippen molar-refractivity contribution in [3.63, 3.8) is 0 Å². The molecule has 1 atom stereocenters. The van der Waals surface area contributed by atoms with Crippen molar-refractivity contribution in [2.45, 2.75) is 50.5 Å². The van der Waals surface area contributed by atoms with Crippen molar-refractivity contribution in [2.24, 2.45) is 0 Å². The molecular formula is C60H73FN8O16S. The molecule has 4 aromatic carbocycles. The van der Waals surface area contributed by atoms with Crippen LogP contribution in [0, 0.1) is 5.82 Å². The van der Waals surface area contributed by atoms with Gasteiger partial charge in [-0.2, -0.15) is 0 Å². The van der Waals surface area contributed by atoms with Gasteiger partial charge >= 0.3 is 0 Å². The van der Waals surface area contributed by atoms with Crippen LogP contribution in [0.15, 0.2) is 96.0 Å². The normalized spacial score (nSPS) is 14.7. The minimum atomic E-state index is -4.20. The number of imide groups is 2. The summed E-state index contributed by atoms with van der Waals surface area (Å²) in [5, 5.41) is 10.8. The third-order valence-electron chi connectivity index (χ3n) is 13.4. The molecule has 0 aliphatic carbocycles. The number of nitrogens with two attached hydrogens (primary N) is 1. The summed E-state index contributed by atoms with van der Waals surface area (Å²) in [7, 11) is -4.20. The van der Waals surface area contributed by atoms with E-state index in [0.29, 0.717) is 147 Å². The molecule has 6 amide bonds. The average Bonchev–Trinajstić information content (AvgIpc) is 1.68. The van der Waals surface area contributed by atoms with Gasteiger partial charge in [-0.25, -0.2) is 17.8 Å². The van der Waals surface area contributed by atoms with Crippen LogP contribution in [0.5, 0.6) is 0 Å². The third-order valence-corrected chi connectivity index (χ3v) is 14.7. The van der Waals surface area contributed by atoms with Crippen LogP contribution in [0.3, 0.4) is 0 Å². The number of carbonyl (C=O) groups excluding carboxylic acids is 6. The summed E-state index contributed by atoms with van der Waals surface area (Å²) in [6.07, 6.45) is 2.37. The van der Waals surface area contributed by atoms with E-state index in [2.05, 4.69) is 31.0 Å². The molecule has 86 heavy (non-hydrogen) atoms. The monoisotopic (exact) mass is 1210 g/mol. The van der Waals surface area contributed by atoms with Gasteiger partial charge in [0.05, 0.1) is 121 Å². The topological polar surface area (TPSA) is 313 Å². The standard InChI is InChI=1S/C37H42FN5O8S.C23H31N3O8/c1-2-48-14-15-50-18-19-51-17-16-49-13-11-35(44)42-28-4-3-5-29(22-28)43-52(46,47)30-7-9-31(34(38)23-30)27-21-33(36(39)41-24-27)25-6-8-32-26(20-25)10-12-40-37(32)45;1-2-31-10-11-33-14-15-34-13-12-32-9-8-24-17-5-3-4-16-20(17)23(30)26(22(16)29)18-6-7-19(27)25-21(18)28/h3-9,20-24,43H,2,10-19H2,1H3,(H2,39,41)(H,40,45)(H,42,44);3-5,18,24H,2,6-15H2,1H3,(H,25,27,28). The van der Waals surface area contributed by atoms with Crippen molar-refractivity contribution < 1.29 is 79.5 Å². The highest BCUT2D eigenvalue weighted by Crippen LogP contribution is 2.35. The summed E-state index contributed by atoms with van der Waals surface area (Å²) in [4.78, 5) is 79.0. The first-order valence-corrected chi connectivity index (χ1v) is 29.8. The minimum Gasteiger partial charge on any atom is -0.383 e. The summed E-state index contributed by atoms with van der Waals surface area (Å²) in [6.45, 7) is 12.2. The van der Waals surface area contributed by atoms with Gasteiger partial charge in [0.2, 0.25) is 17.7 Å². The zero-order chi connectivity index (χ0) is 61.3. The fourth-order valence-corrected chi connectivity index (χ4v) is 10.2. The smallest absolute Gasteiger partial charge is 0.264 e. The molecule has 3 aliphatic heterocycles. The maximum atomic E-state index is 15.5. The number of nitrogens with one attached hydrogen (secondary N) is 5. The van der Waals surface area contributed by atoms with Crippen molar-refractivity contribution in [3.8, 4) is 22.3 Å². The van der Waals surface area contributed by atoms with E-state index in [1.165, 1.54) is 30.5 Å². The molecule has 1 unspecified atom stereocenters. The highest BCUT2D eigenvalue weighted by Gasteiger charge is 2.45. The number of rotatable bonds is 34. The zero-order valence-electron chi connectivity index (χ0n) is 48.1. The predicted octanol–water partition coefficient (Wildman–Crippen LogP) is 5.22. The molecule has 1 aromatic heterocycles. The van der Waals surface area contributed by atoms with Crippen molar-refractivity contribution in [1.82, 2.24) is 20.5 Å². The van der Waals surface area contributed by atoms with Gasteiger partial charge in [0, 0.05) is 72.5 Å². The lowest BCUT2D eigenvalue weighted by atomic mass is 9.94. The van der Waals surface area contributed by atoms with Crippen LogP contribution < -0.4 is 31.7 Å². The Kier molecular flexibility index (Phi) is 25.8. The van der Waals surface area contributed by atoms with Crippen LogP contribution in [0.2, 0.25) is 0 Å². The second-order valence-corrected chi connectivity index (χ2v) is 21.0. The van der Waals surface area contributed by atoms with Crippen LogP contribution in [0.4, 0.5) is 27.3 Å². The second kappa shape index (κ2) is 33.8. The Hall–Kier alpha value is -7.79. The van der Waals surface area contributed by atoms with E-state index in [1.54, 1.807) is 48.5 Å². The van der Waals surface area contributed by atoms with Crippen molar-refractivity contribution in [1.29, 1.82) is 0 Å². The molecule has 0 radical (unpaired) electrons. The Morgan fingerprint density at radius 2 is 1.28 bits per heavy atom. The van der Waals surface area contributed by atoms with E-state index in [0.717, 1.165) is 22.1 Å². The predicted molar refractivity (Wildman–Crippen MR) is 316 cm³/mol. The molecule has 0 spiro atoms. The summed E-state index contributed by atoms with van der Waals surface area (Å²) in [6, 6.07) is 20.7. The summed E-state index contributed by atoms with van der Waals surface area (Å²) >= 11 is 0. The number of nitrogens with zero attached hydrogens (tertiary/aromatic N) is 2. The number of benzene rings is 4. The molecule has 8 rings (SSSR count). The lowest BCUT2D eigenvalue weighted by Gasteiger charge is -2.27. The van der Waals surface area contributed by atoms with Gasteiger partial charge in [-0.1, -0.05) is 30.3 Å². The SMILES string of the molecule is CCOCCOCCOCCOCCC(=O)Nc1cccc(NS(=O)(=O)c2ccc(-c3cnc(N)c(-c4ccc5c(c4)CCNC5=O)c3)c(F)c2)c1.CCOCCOCCOCCOCCNc1cccc2c1C(=O)N(C1CCC(=O)NC1=O)C2=O. The van der Waals surface area contributed by atoms with Crippen LogP contribution in [0.25, 0.3) is 22.3 Å². The van der Waals surface area contributed by atoms with Crippen molar-refractivity contribution in [3.05, 3.63) is 119 Å². The number of pyridine rings is 1. The molecule has 462 valence electrons. The molecule has 5 aromatic rings. The van der Waals surface area contributed by atoms with Crippen LogP contribution in [0.1, 0.15) is 69.7 Å². The van der Waals surface area contributed by atoms with Crippen molar-refractivity contribution in [2.75, 3.05) is 140 Å². The Bertz CT molecular complexity index is 3260. The zero-order valence-corrected chi connectivity index (χ0v) is 48.9. The molecule has 24 nitrogen and oxygen atoms in total. The third kappa shape index (κ3) is 19.1. The van der Waals surface area contributed by atoms with E-state index in [1.807, 2.05) is 19.9 Å². The highest BCUT2D eigenvalue weighted by molar-refractivity contribution is 7.92. The number of ether oxygens (including phenoxy) is 8. The number of sulfonamides is 1. The molecule has 26 heteroatoms. The fourth-order valence-electron chi connectivity index (χ4n) is 9.14. The van der Waals surface area contributed by atoms with Gasteiger partial charge in [-0.05, 0) is 92.4 Å². The van der Waals surface area contributed by atoms with E-state index >= 15 is 4.39 Å². The molecular weight excluding hydrogens is 1140 g/mol. The first-order chi connectivity index (χ1) is 41.7. The molecule has 0 bridgehead atoms. The molecule has 4 heterocycles. The summed E-state index contributed by atoms with van der Waals surface area (Å²) < 4.78 is 87.3. The number of aromatic nitrogens is 1. The number of amides is 6. The van der Waals surface area contributed by atoms with Crippen LogP contribution in [-0.2, 0) is 68.7 Å². The van der Waals surface area contributed by atoms with Gasteiger partial charge in [0.25, 0.3) is 27.7 Å². The number of nitrogen functional groups attached to an aromatic ring is 1. The largest absolute Gasteiger partial charge is 0.383 e. The summed E-state index contributed by atoms with van der Waals surface area (Å²) in [5.41, 5.74) is 11.0. The van der Waals surface area contributed by atoms with Gasteiger partial charge < -0.3 is 59.6 Å². The number of halogens is 1. The lowest BCUT2D eigenvalue weighted by molar-refractivity contribution is -0.136. The molecule has 1 saturated heterocycles. The number of anilines is 4. The number of carbonyl (C=O) groups is 6. The highest BCUT2D eigenvalue weighted by atomic mass is 32.2. The van der Waals surface area contributed by atoms with E-state index in [4.69, 9.17) is 43.6 Å². The van der Waals surface area contributed by atoms with Gasteiger partial charge in [-0.15, -0.1) is 0 Å². The lowest BCUT2D eigenvalue weighted by Crippen LogP contribution is -2.54. The minimum absolute atomic E-state index is 0.0803. The molecule has 1 fully saturated rings. The van der Waals surface area contributed by atoms with Gasteiger partial charge in [-0.3, -0.25) is 43.7 Å². The fraction of sp³-hybridized carbons (Fsp3) is 0.417. The van der Waals surface area contributed by atoms with E-state index in [-0.39, 0.29) is 70.8 Å². The molecule has 0 saturated carbocycles. The van der Waals surface area contributed by atoms with Gasteiger partial charge in [0.15, 0.2) is 0 Å². The van der Waals surface area contributed by atoms with E-state index in [9.17, 15) is 37.2 Å². The van der Waals surface area contributed by atoms with Crippen molar-refractivity contribution >= 4 is 68.3 Å². The number of hydrogen-bond donors (Lipinski definition) is 6. The van der Waals surface area contributed by atoms with Gasteiger partial charge in [0.1, 0.15) is 17.7 Å². The maximum absolute atomic E-state index is 15.5. The number of piperidine rings is 1.